The molecule has 0 unspecified atom stereocenters. The monoisotopic (exact) mass is 399 g/mol. The van der Waals surface area contributed by atoms with E-state index in [9.17, 15) is 38.7 Å². The van der Waals surface area contributed by atoms with E-state index in [1.165, 1.54) is 5.38 Å². The first-order valence-electron chi connectivity index (χ1n) is 7.04. The molecule has 3 aromatic rings. The minimum absolute atomic E-state index is 0.0130. The molecule has 0 radical (unpaired) electrons. The van der Waals surface area contributed by atoms with Gasteiger partial charge in [-0.15, -0.1) is 11.3 Å². The molecule has 27 heavy (non-hydrogen) atoms. The molecule has 2 aromatic heterocycles. The molecule has 0 saturated heterocycles. The van der Waals surface area contributed by atoms with Crippen LogP contribution < -0.4 is 4.73 Å². The van der Waals surface area contributed by atoms with Crippen molar-refractivity contribution in [1.82, 2.24) is 4.98 Å². The van der Waals surface area contributed by atoms with Gasteiger partial charge in [-0.2, -0.15) is 17.9 Å². The number of alkyl halides is 3. The van der Waals surface area contributed by atoms with Crippen molar-refractivity contribution in [3.63, 3.8) is 0 Å². The Bertz CT molecular complexity index is 1050. The molecule has 0 fully saturated rings. The van der Waals surface area contributed by atoms with Gasteiger partial charge in [-0.05, 0) is 6.07 Å². The lowest BCUT2D eigenvalue weighted by Gasteiger charge is -2.10. The third-order valence-corrected chi connectivity index (χ3v) is 4.41. The summed E-state index contributed by atoms with van der Waals surface area (Å²) in [7, 11) is 0. The summed E-state index contributed by atoms with van der Waals surface area (Å²) in [5.41, 5.74) is -2.25. The quantitative estimate of drug-likeness (QED) is 0.229. The second kappa shape index (κ2) is 6.39. The van der Waals surface area contributed by atoms with E-state index in [1.807, 2.05) is 0 Å². The number of aromatic nitrogens is 2. The summed E-state index contributed by atoms with van der Waals surface area (Å²) < 4.78 is 39.7. The summed E-state index contributed by atoms with van der Waals surface area (Å²) in [6.45, 7) is 0. The number of pyridine rings is 1. The van der Waals surface area contributed by atoms with Gasteiger partial charge in [0.1, 0.15) is 5.01 Å². The van der Waals surface area contributed by atoms with Crippen molar-refractivity contribution in [3.05, 3.63) is 56.9 Å². The molecule has 140 valence electrons. The molecule has 3 rings (SSSR count). The van der Waals surface area contributed by atoms with E-state index < -0.39 is 39.4 Å². The molecule has 8 nitrogen and oxygen atoms in total. The van der Waals surface area contributed by atoms with E-state index in [2.05, 4.69) is 4.98 Å². The van der Waals surface area contributed by atoms with Crippen molar-refractivity contribution in [2.24, 2.45) is 0 Å². The zero-order valence-corrected chi connectivity index (χ0v) is 13.8. The van der Waals surface area contributed by atoms with Gasteiger partial charge in [0.15, 0.2) is 18.1 Å². The molecule has 0 atom stereocenters. The summed E-state index contributed by atoms with van der Waals surface area (Å²) >= 11 is 0.783. The Hall–Kier alpha value is -3.41. The molecule has 1 aromatic carbocycles. The van der Waals surface area contributed by atoms with Gasteiger partial charge in [0, 0.05) is 23.1 Å². The van der Waals surface area contributed by atoms with Crippen LogP contribution in [0.25, 0.3) is 21.8 Å². The molecule has 0 saturated carbocycles. The van der Waals surface area contributed by atoms with Crippen LogP contribution in [0.4, 0.5) is 18.9 Å². The molecule has 0 aliphatic carbocycles. The Morgan fingerprint density at radius 3 is 2.59 bits per heavy atom. The lowest BCUT2D eigenvalue weighted by atomic mass is 10.1. The van der Waals surface area contributed by atoms with Crippen molar-refractivity contribution < 1.29 is 33.0 Å². The predicted octanol–water partition coefficient (Wildman–Crippen LogP) is 3.45. The molecule has 0 amide bonds. The number of phenolic OH excluding ortho intramolecular Hbond substituents is 2. The predicted molar refractivity (Wildman–Crippen MR) is 86.9 cm³/mol. The molecule has 0 aliphatic heterocycles. The van der Waals surface area contributed by atoms with Gasteiger partial charge in [0.05, 0.1) is 21.7 Å². The topological polar surface area (TPSA) is 123 Å². The lowest BCUT2D eigenvalue weighted by molar-refractivity contribution is -0.605. The molecular formula is C15H8F3N3O5S. The highest BCUT2D eigenvalue weighted by atomic mass is 32.1. The first kappa shape index (κ1) is 18.4. The van der Waals surface area contributed by atoms with Crippen molar-refractivity contribution >= 4 is 17.0 Å². The Balaban J connectivity index is 2.12. The average Bonchev–Trinajstić information content (AvgIpc) is 3.05. The Labute approximate surface area is 152 Å². The van der Waals surface area contributed by atoms with Crippen LogP contribution in [0.5, 0.6) is 11.5 Å². The third kappa shape index (κ3) is 3.46. The minimum Gasteiger partial charge on any atom is -0.619 e. The van der Waals surface area contributed by atoms with Gasteiger partial charge in [-0.1, -0.05) is 0 Å². The van der Waals surface area contributed by atoms with Crippen molar-refractivity contribution in [2.75, 3.05) is 0 Å². The number of rotatable bonds is 3. The van der Waals surface area contributed by atoms with E-state index in [4.69, 9.17) is 0 Å². The van der Waals surface area contributed by atoms with Gasteiger partial charge >= 0.3 is 11.9 Å². The van der Waals surface area contributed by atoms with Crippen LogP contribution >= 0.6 is 11.3 Å². The molecule has 2 heterocycles. The number of nitrogens with zero attached hydrogens (tertiary/aromatic N) is 3. The van der Waals surface area contributed by atoms with E-state index in [0.717, 1.165) is 29.7 Å². The highest BCUT2D eigenvalue weighted by Crippen LogP contribution is 2.41. The maximum atomic E-state index is 13.2. The van der Waals surface area contributed by atoms with Gasteiger partial charge in [0.2, 0.25) is 5.75 Å². The first-order valence-corrected chi connectivity index (χ1v) is 7.92. The van der Waals surface area contributed by atoms with Gasteiger partial charge < -0.3 is 15.4 Å². The molecule has 0 bridgehead atoms. The molecule has 12 heteroatoms. The molecular weight excluding hydrogens is 391 g/mol. The van der Waals surface area contributed by atoms with E-state index >= 15 is 0 Å². The van der Waals surface area contributed by atoms with E-state index in [1.54, 1.807) is 0 Å². The number of halogens is 3. The smallest absolute Gasteiger partial charge is 0.417 e. The fourth-order valence-corrected chi connectivity index (χ4v) is 3.17. The Morgan fingerprint density at radius 1 is 1.26 bits per heavy atom. The largest absolute Gasteiger partial charge is 0.619 e. The fraction of sp³-hybridized carbons (Fsp3) is 0.0667. The Morgan fingerprint density at radius 2 is 1.96 bits per heavy atom. The van der Waals surface area contributed by atoms with Gasteiger partial charge in [0.25, 0.3) is 0 Å². The number of nitro groups is 1. The Kier molecular flexibility index (Phi) is 4.35. The molecule has 0 aliphatic rings. The van der Waals surface area contributed by atoms with Crippen LogP contribution in [0.2, 0.25) is 0 Å². The maximum Gasteiger partial charge on any atom is 0.417 e. The summed E-state index contributed by atoms with van der Waals surface area (Å²) in [4.78, 5) is 14.0. The SMILES string of the molecule is O=[N+]([O-])c1cc(-c2csc(-c3c[n+]([O-])ccc3C(F)(F)F)n2)cc(O)c1O. The zero-order valence-electron chi connectivity index (χ0n) is 13.0. The highest BCUT2D eigenvalue weighted by Gasteiger charge is 2.36. The lowest BCUT2D eigenvalue weighted by Crippen LogP contribution is -2.26. The minimum atomic E-state index is -4.72. The molecule has 2 N–H and O–H groups in total. The summed E-state index contributed by atoms with van der Waals surface area (Å²) in [5.74, 6) is -1.71. The zero-order chi connectivity index (χ0) is 19.9. The number of hydrogen-bond acceptors (Lipinski definition) is 7. The van der Waals surface area contributed by atoms with Crippen LogP contribution in [-0.4, -0.2) is 20.1 Å². The second-order valence-electron chi connectivity index (χ2n) is 5.29. The summed E-state index contributed by atoms with van der Waals surface area (Å²) in [6, 6.07) is 2.54. The van der Waals surface area contributed by atoms with Gasteiger partial charge in [-0.3, -0.25) is 10.1 Å². The number of nitro benzene ring substituents is 1. The molecule has 0 spiro atoms. The number of hydrogen-bond donors (Lipinski definition) is 2. The van der Waals surface area contributed by atoms with Crippen molar-refractivity contribution in [3.8, 4) is 33.3 Å². The number of aromatic hydroxyl groups is 2. The fourth-order valence-electron chi connectivity index (χ4n) is 2.32. The normalized spacial score (nSPS) is 11.5. The standard InChI is InChI=1S/C15H8F3N3O5S/c16-15(17,18)9-1-2-20(24)5-8(9)14-19-10(6-27-14)7-3-11(21(25)26)13(23)12(22)4-7/h1-6,22-23H. The van der Waals surface area contributed by atoms with Crippen LogP contribution in [-0.2, 0) is 6.18 Å². The second-order valence-corrected chi connectivity index (χ2v) is 6.15. The van der Waals surface area contributed by atoms with Crippen LogP contribution in [0.15, 0.2) is 36.0 Å². The number of benzene rings is 1. The van der Waals surface area contributed by atoms with Crippen molar-refractivity contribution in [1.29, 1.82) is 0 Å². The van der Waals surface area contributed by atoms with E-state index in [0.29, 0.717) is 12.3 Å². The van der Waals surface area contributed by atoms with Crippen LogP contribution in [0, 0.1) is 15.3 Å². The number of thiazole rings is 1. The van der Waals surface area contributed by atoms with Crippen LogP contribution in [0.1, 0.15) is 5.56 Å². The average molecular weight is 399 g/mol. The maximum absolute atomic E-state index is 13.2. The first-order chi connectivity index (χ1) is 12.6. The van der Waals surface area contributed by atoms with E-state index in [-0.39, 0.29) is 21.0 Å². The summed E-state index contributed by atoms with van der Waals surface area (Å²) in [5, 5.41) is 42.7. The van der Waals surface area contributed by atoms with Crippen molar-refractivity contribution in [2.45, 2.75) is 6.18 Å². The summed E-state index contributed by atoms with van der Waals surface area (Å²) in [6.07, 6.45) is -3.28. The number of phenols is 2. The third-order valence-electron chi connectivity index (χ3n) is 3.54. The highest BCUT2D eigenvalue weighted by molar-refractivity contribution is 7.13. The van der Waals surface area contributed by atoms with Gasteiger partial charge in [-0.25, -0.2) is 4.98 Å². The van der Waals surface area contributed by atoms with Crippen LogP contribution in [0.3, 0.4) is 0 Å².